The topological polar surface area (TPSA) is 38.3 Å². The Labute approximate surface area is 110 Å². The third-order valence-electron chi connectivity index (χ3n) is 2.94. The average Bonchev–Trinajstić information content (AvgIpc) is 2.39. The SMILES string of the molecule is CCCOCCNC(=O)C(C)(C)c1ccccc1. The first-order valence-corrected chi connectivity index (χ1v) is 6.50. The summed E-state index contributed by atoms with van der Waals surface area (Å²) < 4.78 is 5.34. The summed E-state index contributed by atoms with van der Waals surface area (Å²) in [5.41, 5.74) is 0.517. The van der Waals surface area contributed by atoms with Gasteiger partial charge in [0.05, 0.1) is 12.0 Å². The summed E-state index contributed by atoms with van der Waals surface area (Å²) in [6.45, 7) is 7.82. The first-order chi connectivity index (χ1) is 8.59. The summed E-state index contributed by atoms with van der Waals surface area (Å²) >= 11 is 0. The highest BCUT2D eigenvalue weighted by molar-refractivity contribution is 5.87. The molecule has 100 valence electrons. The number of ether oxygens (including phenoxy) is 1. The molecule has 3 nitrogen and oxygen atoms in total. The molecule has 0 radical (unpaired) electrons. The fourth-order valence-corrected chi connectivity index (χ4v) is 1.69. The smallest absolute Gasteiger partial charge is 0.230 e. The maximum atomic E-state index is 12.1. The third-order valence-corrected chi connectivity index (χ3v) is 2.94. The molecule has 0 heterocycles. The van der Waals surface area contributed by atoms with Crippen LogP contribution in [0.2, 0.25) is 0 Å². The van der Waals surface area contributed by atoms with Crippen LogP contribution in [-0.4, -0.2) is 25.7 Å². The Bertz CT molecular complexity index is 360. The van der Waals surface area contributed by atoms with Crippen molar-refractivity contribution in [2.24, 2.45) is 0 Å². The van der Waals surface area contributed by atoms with Crippen molar-refractivity contribution >= 4 is 5.91 Å². The normalized spacial score (nSPS) is 11.3. The lowest BCUT2D eigenvalue weighted by atomic mass is 9.84. The van der Waals surface area contributed by atoms with Crippen LogP contribution in [0.5, 0.6) is 0 Å². The van der Waals surface area contributed by atoms with Gasteiger partial charge in [0, 0.05) is 13.2 Å². The molecule has 1 aromatic rings. The van der Waals surface area contributed by atoms with Gasteiger partial charge in [0.25, 0.3) is 0 Å². The Morgan fingerprint density at radius 1 is 1.22 bits per heavy atom. The zero-order valence-corrected chi connectivity index (χ0v) is 11.5. The van der Waals surface area contributed by atoms with Crippen LogP contribution in [0.4, 0.5) is 0 Å². The molecular formula is C15H23NO2. The van der Waals surface area contributed by atoms with E-state index in [9.17, 15) is 4.79 Å². The maximum Gasteiger partial charge on any atom is 0.230 e. The highest BCUT2D eigenvalue weighted by Gasteiger charge is 2.28. The summed E-state index contributed by atoms with van der Waals surface area (Å²) in [5, 5.41) is 2.92. The van der Waals surface area contributed by atoms with Crippen molar-refractivity contribution < 1.29 is 9.53 Å². The number of benzene rings is 1. The molecule has 1 amide bonds. The first-order valence-electron chi connectivity index (χ1n) is 6.50. The Balaban J connectivity index is 2.45. The van der Waals surface area contributed by atoms with Crippen LogP contribution in [0.1, 0.15) is 32.8 Å². The van der Waals surface area contributed by atoms with E-state index in [0.29, 0.717) is 13.2 Å². The molecule has 0 bridgehead atoms. The van der Waals surface area contributed by atoms with Gasteiger partial charge in [-0.25, -0.2) is 0 Å². The molecule has 0 aromatic heterocycles. The molecule has 1 N–H and O–H groups in total. The fraction of sp³-hybridized carbons (Fsp3) is 0.533. The molecule has 0 unspecified atom stereocenters. The Hall–Kier alpha value is -1.35. The molecule has 0 fully saturated rings. The van der Waals surface area contributed by atoms with Crippen LogP contribution in [0.25, 0.3) is 0 Å². The Morgan fingerprint density at radius 2 is 1.89 bits per heavy atom. The molecule has 0 aliphatic carbocycles. The summed E-state index contributed by atoms with van der Waals surface area (Å²) in [5.74, 6) is 0.0359. The van der Waals surface area contributed by atoms with Crippen LogP contribution in [0.3, 0.4) is 0 Å². The Morgan fingerprint density at radius 3 is 2.50 bits per heavy atom. The van der Waals surface area contributed by atoms with Crippen LogP contribution in [0, 0.1) is 0 Å². The number of amides is 1. The molecule has 0 aliphatic heterocycles. The molecule has 0 spiro atoms. The van der Waals surface area contributed by atoms with Gasteiger partial charge in [0.15, 0.2) is 0 Å². The van der Waals surface area contributed by atoms with Gasteiger partial charge in [-0.3, -0.25) is 4.79 Å². The van der Waals surface area contributed by atoms with Crippen molar-refractivity contribution in [3.05, 3.63) is 35.9 Å². The van der Waals surface area contributed by atoms with E-state index in [1.807, 2.05) is 44.2 Å². The largest absolute Gasteiger partial charge is 0.380 e. The predicted octanol–water partition coefficient (Wildman–Crippen LogP) is 2.51. The van der Waals surface area contributed by atoms with Crippen LogP contribution in [-0.2, 0) is 14.9 Å². The summed E-state index contributed by atoms with van der Waals surface area (Å²) in [7, 11) is 0. The second kappa shape index (κ2) is 7.17. The van der Waals surface area contributed by atoms with Gasteiger partial charge in [-0.15, -0.1) is 0 Å². The molecule has 0 saturated heterocycles. The van der Waals surface area contributed by atoms with E-state index in [1.54, 1.807) is 0 Å². The minimum Gasteiger partial charge on any atom is -0.380 e. The minimum absolute atomic E-state index is 0.0359. The van der Waals surface area contributed by atoms with E-state index < -0.39 is 5.41 Å². The van der Waals surface area contributed by atoms with E-state index in [2.05, 4.69) is 12.2 Å². The second-order valence-electron chi connectivity index (χ2n) is 4.86. The van der Waals surface area contributed by atoms with Crippen molar-refractivity contribution in [1.29, 1.82) is 0 Å². The lowest BCUT2D eigenvalue weighted by Gasteiger charge is -2.24. The van der Waals surface area contributed by atoms with Gasteiger partial charge < -0.3 is 10.1 Å². The van der Waals surface area contributed by atoms with Crippen LogP contribution < -0.4 is 5.32 Å². The Kier molecular flexibility index (Phi) is 5.86. The third kappa shape index (κ3) is 4.15. The number of rotatable bonds is 7. The van der Waals surface area contributed by atoms with Crippen LogP contribution >= 0.6 is 0 Å². The number of nitrogens with one attached hydrogen (secondary N) is 1. The van der Waals surface area contributed by atoms with E-state index in [-0.39, 0.29) is 5.91 Å². The average molecular weight is 249 g/mol. The zero-order chi connectivity index (χ0) is 13.4. The van der Waals surface area contributed by atoms with Crippen molar-refractivity contribution in [2.75, 3.05) is 19.8 Å². The second-order valence-corrected chi connectivity index (χ2v) is 4.86. The number of hydrogen-bond acceptors (Lipinski definition) is 2. The van der Waals surface area contributed by atoms with Crippen molar-refractivity contribution in [3.63, 3.8) is 0 Å². The molecule has 0 aliphatic rings. The number of hydrogen-bond donors (Lipinski definition) is 1. The first kappa shape index (κ1) is 14.7. The molecule has 1 rings (SSSR count). The lowest BCUT2D eigenvalue weighted by molar-refractivity contribution is -0.125. The highest BCUT2D eigenvalue weighted by atomic mass is 16.5. The van der Waals surface area contributed by atoms with E-state index >= 15 is 0 Å². The van der Waals surface area contributed by atoms with Crippen molar-refractivity contribution in [3.8, 4) is 0 Å². The van der Waals surface area contributed by atoms with E-state index in [1.165, 1.54) is 0 Å². The van der Waals surface area contributed by atoms with Crippen LogP contribution in [0.15, 0.2) is 30.3 Å². The van der Waals surface area contributed by atoms with Gasteiger partial charge >= 0.3 is 0 Å². The summed E-state index contributed by atoms with van der Waals surface area (Å²) in [6, 6.07) is 9.82. The van der Waals surface area contributed by atoms with Gasteiger partial charge in [-0.1, -0.05) is 37.3 Å². The summed E-state index contributed by atoms with van der Waals surface area (Å²) in [6.07, 6.45) is 1.00. The molecule has 1 aromatic carbocycles. The molecular weight excluding hydrogens is 226 g/mol. The van der Waals surface area contributed by atoms with Crippen molar-refractivity contribution in [2.45, 2.75) is 32.6 Å². The van der Waals surface area contributed by atoms with Gasteiger partial charge in [-0.2, -0.15) is 0 Å². The van der Waals surface area contributed by atoms with E-state index in [4.69, 9.17) is 4.74 Å². The zero-order valence-electron chi connectivity index (χ0n) is 11.5. The van der Waals surface area contributed by atoms with E-state index in [0.717, 1.165) is 18.6 Å². The quantitative estimate of drug-likeness (QED) is 0.754. The summed E-state index contributed by atoms with van der Waals surface area (Å²) in [4.78, 5) is 12.1. The minimum atomic E-state index is -0.508. The lowest BCUT2D eigenvalue weighted by Crippen LogP contribution is -2.41. The van der Waals surface area contributed by atoms with Gasteiger partial charge in [-0.05, 0) is 25.8 Å². The maximum absolute atomic E-state index is 12.1. The van der Waals surface area contributed by atoms with Gasteiger partial charge in [0.2, 0.25) is 5.91 Å². The monoisotopic (exact) mass is 249 g/mol. The number of carbonyl (C=O) groups is 1. The molecule has 0 saturated carbocycles. The fourth-order valence-electron chi connectivity index (χ4n) is 1.69. The molecule has 18 heavy (non-hydrogen) atoms. The number of carbonyl (C=O) groups excluding carboxylic acids is 1. The molecule has 0 atom stereocenters. The van der Waals surface area contributed by atoms with Crippen molar-refractivity contribution in [1.82, 2.24) is 5.32 Å². The standard InChI is InChI=1S/C15H23NO2/c1-4-11-18-12-10-16-14(17)15(2,3)13-8-6-5-7-9-13/h5-9H,4,10-12H2,1-3H3,(H,16,17). The predicted molar refractivity (Wildman–Crippen MR) is 73.6 cm³/mol. The van der Waals surface area contributed by atoms with Gasteiger partial charge in [0.1, 0.15) is 0 Å². The highest BCUT2D eigenvalue weighted by Crippen LogP contribution is 2.22. The molecule has 3 heteroatoms.